The molecule has 1 atom stereocenters. The molecule has 0 fully saturated rings. The molecule has 34 heavy (non-hydrogen) atoms. The Morgan fingerprint density at radius 3 is 2.38 bits per heavy atom. The first-order valence-corrected chi connectivity index (χ1v) is 12.6. The summed E-state index contributed by atoms with van der Waals surface area (Å²) >= 11 is 25.2. The van der Waals surface area contributed by atoms with Gasteiger partial charge in [0.15, 0.2) is 11.0 Å². The smallest absolute Gasteiger partial charge is 0.251 e. The van der Waals surface area contributed by atoms with Gasteiger partial charge >= 0.3 is 0 Å². The molecule has 12 heteroatoms. The summed E-state index contributed by atoms with van der Waals surface area (Å²) < 4.78 is 1.76. The maximum absolute atomic E-state index is 12.8. The summed E-state index contributed by atoms with van der Waals surface area (Å²) in [7, 11) is 1.78. The van der Waals surface area contributed by atoms with Gasteiger partial charge in [-0.05, 0) is 42.3 Å². The van der Waals surface area contributed by atoms with Crippen molar-refractivity contribution in [2.24, 2.45) is 13.0 Å². The van der Waals surface area contributed by atoms with Gasteiger partial charge in [0.05, 0.1) is 32.5 Å². The molecule has 0 saturated heterocycles. The summed E-state index contributed by atoms with van der Waals surface area (Å²) in [5, 5.41) is 16.2. The number of thioether (sulfide) groups is 1. The number of nitrogens with one attached hydrogen (secondary N) is 2. The van der Waals surface area contributed by atoms with Crippen LogP contribution in [0.2, 0.25) is 20.1 Å². The predicted octanol–water partition coefficient (Wildman–Crippen LogP) is 6.29. The van der Waals surface area contributed by atoms with Crippen LogP contribution in [0.1, 0.15) is 36.1 Å². The SMILES string of the molecule is CC(C)[C@H](NC(=O)c1ccc(Cl)c(Cl)c1)c1nnc(SCC(=O)Nc2ccc(Cl)cc2Cl)n1C. The molecule has 3 aromatic rings. The average Bonchev–Trinajstić information content (AvgIpc) is 3.14. The Morgan fingerprint density at radius 2 is 1.74 bits per heavy atom. The fraction of sp³-hybridized carbons (Fsp3) is 0.273. The van der Waals surface area contributed by atoms with Crippen LogP contribution in [-0.4, -0.2) is 32.3 Å². The number of halogens is 4. The monoisotopic (exact) mass is 559 g/mol. The van der Waals surface area contributed by atoms with E-state index in [9.17, 15) is 9.59 Å². The van der Waals surface area contributed by atoms with E-state index in [-0.39, 0.29) is 23.5 Å². The van der Waals surface area contributed by atoms with Gasteiger partial charge in [-0.2, -0.15) is 0 Å². The Labute approximate surface area is 221 Å². The van der Waals surface area contributed by atoms with Crippen LogP contribution in [0.5, 0.6) is 0 Å². The minimum absolute atomic E-state index is 0.0165. The molecule has 0 aliphatic heterocycles. The van der Waals surface area contributed by atoms with Gasteiger partial charge in [-0.1, -0.05) is 72.0 Å². The van der Waals surface area contributed by atoms with Gasteiger partial charge < -0.3 is 15.2 Å². The van der Waals surface area contributed by atoms with E-state index in [1.54, 1.807) is 41.9 Å². The lowest BCUT2D eigenvalue weighted by molar-refractivity contribution is -0.113. The van der Waals surface area contributed by atoms with Crippen LogP contribution in [0.15, 0.2) is 41.6 Å². The van der Waals surface area contributed by atoms with Crippen LogP contribution < -0.4 is 10.6 Å². The van der Waals surface area contributed by atoms with Gasteiger partial charge in [-0.15, -0.1) is 10.2 Å². The van der Waals surface area contributed by atoms with Crippen molar-refractivity contribution in [3.05, 3.63) is 67.9 Å². The van der Waals surface area contributed by atoms with E-state index < -0.39 is 6.04 Å². The van der Waals surface area contributed by atoms with Crippen molar-refractivity contribution in [3.63, 3.8) is 0 Å². The molecule has 0 unspecified atom stereocenters. The van der Waals surface area contributed by atoms with E-state index in [1.807, 2.05) is 13.8 Å². The normalized spacial score (nSPS) is 12.0. The maximum Gasteiger partial charge on any atom is 0.251 e. The lowest BCUT2D eigenvalue weighted by Gasteiger charge is -2.22. The third kappa shape index (κ3) is 6.58. The van der Waals surface area contributed by atoms with E-state index in [1.165, 1.54) is 17.8 Å². The molecule has 0 spiro atoms. The second-order valence-corrected chi connectivity index (χ2v) is 10.3. The summed E-state index contributed by atoms with van der Waals surface area (Å²) in [6, 6.07) is 9.10. The molecule has 0 aliphatic carbocycles. The lowest BCUT2D eigenvalue weighted by Crippen LogP contribution is -2.33. The number of amides is 2. The van der Waals surface area contributed by atoms with Gasteiger partial charge in [0.1, 0.15) is 0 Å². The van der Waals surface area contributed by atoms with Crippen LogP contribution in [0.3, 0.4) is 0 Å². The summed E-state index contributed by atoms with van der Waals surface area (Å²) in [6.45, 7) is 3.93. The predicted molar refractivity (Wildman–Crippen MR) is 138 cm³/mol. The molecule has 0 saturated carbocycles. The standard InChI is InChI=1S/C22H21Cl4N5O2S/c1-11(2)19(28-21(33)12-4-6-14(24)15(25)8-12)20-29-30-22(31(20)3)34-10-18(32)27-17-7-5-13(23)9-16(17)26/h4-9,11,19H,10H2,1-3H3,(H,27,32)(H,28,33)/t19-/m0/s1. The Balaban J connectivity index is 1.68. The number of anilines is 1. The van der Waals surface area contributed by atoms with Crippen molar-refractivity contribution in [2.45, 2.75) is 25.0 Å². The highest BCUT2D eigenvalue weighted by molar-refractivity contribution is 7.99. The highest BCUT2D eigenvalue weighted by Crippen LogP contribution is 2.28. The molecule has 3 rings (SSSR count). The number of aromatic nitrogens is 3. The third-order valence-corrected chi connectivity index (χ3v) is 7.13. The molecule has 7 nitrogen and oxygen atoms in total. The lowest BCUT2D eigenvalue weighted by atomic mass is 10.0. The number of hydrogen-bond donors (Lipinski definition) is 2. The second-order valence-electron chi connectivity index (χ2n) is 7.68. The molecule has 1 heterocycles. The van der Waals surface area contributed by atoms with Gasteiger partial charge in [0.2, 0.25) is 5.91 Å². The molecular weight excluding hydrogens is 540 g/mol. The van der Waals surface area contributed by atoms with Crippen molar-refractivity contribution < 1.29 is 9.59 Å². The fourth-order valence-corrected chi connectivity index (χ4v) is 4.49. The summed E-state index contributed by atoms with van der Waals surface area (Å²) in [4.78, 5) is 25.2. The first-order valence-electron chi connectivity index (χ1n) is 10.1. The number of benzene rings is 2. The van der Waals surface area contributed by atoms with Crippen molar-refractivity contribution in [3.8, 4) is 0 Å². The minimum Gasteiger partial charge on any atom is -0.342 e. The topological polar surface area (TPSA) is 88.9 Å². The fourth-order valence-electron chi connectivity index (χ4n) is 3.02. The molecule has 2 N–H and O–H groups in total. The quantitative estimate of drug-likeness (QED) is 0.316. The molecule has 2 amide bonds. The van der Waals surface area contributed by atoms with Crippen molar-refractivity contribution in [1.82, 2.24) is 20.1 Å². The molecule has 2 aromatic carbocycles. The van der Waals surface area contributed by atoms with E-state index in [4.69, 9.17) is 46.4 Å². The molecule has 0 radical (unpaired) electrons. The Bertz CT molecular complexity index is 1220. The van der Waals surface area contributed by atoms with Crippen LogP contribution >= 0.6 is 58.2 Å². The zero-order valence-electron chi connectivity index (χ0n) is 18.4. The van der Waals surface area contributed by atoms with Crippen molar-refractivity contribution in [2.75, 3.05) is 11.1 Å². The van der Waals surface area contributed by atoms with Crippen LogP contribution in [0, 0.1) is 5.92 Å². The van der Waals surface area contributed by atoms with Gasteiger partial charge in [0, 0.05) is 17.6 Å². The van der Waals surface area contributed by atoms with Crippen LogP contribution in [-0.2, 0) is 11.8 Å². The minimum atomic E-state index is -0.421. The van der Waals surface area contributed by atoms with Crippen molar-refractivity contribution in [1.29, 1.82) is 0 Å². The van der Waals surface area contributed by atoms with Gasteiger partial charge in [0.25, 0.3) is 5.91 Å². The highest BCUT2D eigenvalue weighted by Gasteiger charge is 2.25. The van der Waals surface area contributed by atoms with E-state index in [0.717, 1.165) is 0 Å². The number of rotatable bonds is 8. The first-order chi connectivity index (χ1) is 16.1. The van der Waals surface area contributed by atoms with E-state index in [0.29, 0.717) is 42.3 Å². The summed E-state index contributed by atoms with van der Waals surface area (Å²) in [5.41, 5.74) is 0.856. The van der Waals surface area contributed by atoms with Gasteiger partial charge in [-0.3, -0.25) is 9.59 Å². The molecular formula is C22H21Cl4N5O2S. The number of carbonyl (C=O) groups excluding carboxylic acids is 2. The van der Waals surface area contributed by atoms with E-state index in [2.05, 4.69) is 20.8 Å². The first kappa shape index (κ1) is 26.6. The third-order valence-electron chi connectivity index (χ3n) is 4.82. The molecule has 180 valence electrons. The number of nitrogens with zero attached hydrogens (tertiary/aromatic N) is 3. The maximum atomic E-state index is 12.8. The van der Waals surface area contributed by atoms with Crippen molar-refractivity contribution >= 4 is 75.7 Å². The largest absolute Gasteiger partial charge is 0.342 e. The molecule has 0 bridgehead atoms. The average molecular weight is 561 g/mol. The Hall–Kier alpha value is -1.97. The zero-order valence-corrected chi connectivity index (χ0v) is 22.2. The van der Waals surface area contributed by atoms with Gasteiger partial charge in [-0.25, -0.2) is 0 Å². The molecule has 1 aromatic heterocycles. The molecule has 0 aliphatic rings. The van der Waals surface area contributed by atoms with E-state index >= 15 is 0 Å². The summed E-state index contributed by atoms with van der Waals surface area (Å²) in [6.07, 6.45) is 0. The second kappa shape index (κ2) is 11.6. The van der Waals surface area contributed by atoms with Crippen LogP contribution in [0.4, 0.5) is 5.69 Å². The number of hydrogen-bond acceptors (Lipinski definition) is 5. The Morgan fingerprint density at radius 1 is 1.00 bits per heavy atom. The highest BCUT2D eigenvalue weighted by atomic mass is 35.5. The summed E-state index contributed by atoms with van der Waals surface area (Å²) in [5.74, 6) is 0.100. The Kier molecular flexibility index (Phi) is 9.12. The zero-order chi connectivity index (χ0) is 25.0. The van der Waals surface area contributed by atoms with Crippen LogP contribution in [0.25, 0.3) is 0 Å². The number of carbonyl (C=O) groups is 2.